The van der Waals surface area contributed by atoms with Crippen LogP contribution in [-0.2, 0) is 0 Å². The third-order valence-corrected chi connectivity index (χ3v) is 3.03. The summed E-state index contributed by atoms with van der Waals surface area (Å²) in [5, 5.41) is 9.84. The largest absolute Gasteiger partial charge is 0.498 e. The lowest BCUT2D eigenvalue weighted by molar-refractivity contribution is 0.492. The Morgan fingerprint density at radius 3 is 2.86 bits per heavy atom. The van der Waals surface area contributed by atoms with Crippen molar-refractivity contribution in [3.63, 3.8) is 0 Å². The van der Waals surface area contributed by atoms with Gasteiger partial charge in [-0.25, -0.2) is 0 Å². The van der Waals surface area contributed by atoms with Gasteiger partial charge in [-0.15, -0.1) is 0 Å². The van der Waals surface area contributed by atoms with Crippen molar-refractivity contribution in [2.24, 2.45) is 0 Å². The second-order valence-corrected chi connectivity index (χ2v) is 4.18. The average Bonchev–Trinajstić information content (AvgIpc) is 2.14. The zero-order valence-electron chi connectivity index (χ0n) is 7.57. The average molecular weight is 207 g/mol. The first-order valence-electron chi connectivity index (χ1n) is 4.11. The van der Waals surface area contributed by atoms with E-state index in [9.17, 15) is 9.90 Å². The van der Waals surface area contributed by atoms with E-state index in [0.29, 0.717) is 5.39 Å². The maximum absolute atomic E-state index is 11.6. The topological polar surface area (TPSA) is 63.3 Å². The first-order valence-corrected chi connectivity index (χ1v) is 4.93. The number of hydrogen-bond donors (Lipinski definition) is 2. The molecule has 0 aliphatic rings. The molecule has 2 rings (SSSR count). The van der Waals surface area contributed by atoms with Crippen LogP contribution in [0.2, 0.25) is 0 Å². The van der Waals surface area contributed by atoms with Crippen LogP contribution < -0.4 is 11.2 Å². The van der Waals surface area contributed by atoms with Gasteiger partial charge in [0.1, 0.15) is 5.69 Å². The molecule has 2 aromatic rings. The Hall–Kier alpha value is -1.55. The Bertz CT molecular complexity index is 560. The highest BCUT2D eigenvalue weighted by molar-refractivity contribution is 7.20. The van der Waals surface area contributed by atoms with Crippen molar-refractivity contribution in [3.05, 3.63) is 34.0 Å². The van der Waals surface area contributed by atoms with Gasteiger partial charge in [0.15, 0.2) is 5.06 Å². The summed E-state index contributed by atoms with van der Waals surface area (Å²) in [6.45, 7) is 1.93. The Labute approximate surface area is 84.4 Å². The van der Waals surface area contributed by atoms with Gasteiger partial charge in [-0.2, -0.15) is 0 Å². The van der Waals surface area contributed by atoms with E-state index in [1.807, 2.05) is 19.1 Å². The van der Waals surface area contributed by atoms with Crippen LogP contribution in [0.15, 0.2) is 23.0 Å². The second-order valence-electron chi connectivity index (χ2n) is 3.15. The maximum atomic E-state index is 11.6. The van der Waals surface area contributed by atoms with Gasteiger partial charge < -0.3 is 10.8 Å². The number of anilines is 1. The molecule has 0 amide bonds. The second kappa shape index (κ2) is 2.99. The normalized spacial score (nSPS) is 10.6. The van der Waals surface area contributed by atoms with Crippen molar-refractivity contribution in [3.8, 4) is 5.06 Å². The van der Waals surface area contributed by atoms with Crippen molar-refractivity contribution in [1.29, 1.82) is 0 Å². The van der Waals surface area contributed by atoms with Gasteiger partial charge in [0.2, 0.25) is 5.43 Å². The molecule has 4 heteroatoms. The zero-order valence-corrected chi connectivity index (χ0v) is 8.39. The molecule has 0 spiro atoms. The van der Waals surface area contributed by atoms with E-state index in [0.717, 1.165) is 21.6 Å². The lowest BCUT2D eigenvalue weighted by Gasteiger charge is -2.01. The first-order chi connectivity index (χ1) is 6.59. The SMILES string of the molecule is Cc1ccc2c(=O)c(N)c(O)sc2c1. The summed E-state index contributed by atoms with van der Waals surface area (Å²) in [7, 11) is 0. The van der Waals surface area contributed by atoms with Crippen LogP contribution in [0, 0.1) is 6.92 Å². The predicted molar refractivity (Wildman–Crippen MR) is 58.9 cm³/mol. The highest BCUT2D eigenvalue weighted by Crippen LogP contribution is 2.29. The van der Waals surface area contributed by atoms with Gasteiger partial charge in [-0.3, -0.25) is 4.79 Å². The number of hydrogen-bond acceptors (Lipinski definition) is 4. The molecular formula is C10H9NO2S. The predicted octanol–water partition coefficient (Wildman–Crippen LogP) is 1.86. The molecule has 14 heavy (non-hydrogen) atoms. The summed E-state index contributed by atoms with van der Waals surface area (Å²) >= 11 is 1.13. The quantitative estimate of drug-likeness (QED) is 0.693. The summed E-state index contributed by atoms with van der Waals surface area (Å²) in [5.41, 5.74) is 6.13. The number of benzene rings is 1. The highest BCUT2D eigenvalue weighted by Gasteiger charge is 2.07. The van der Waals surface area contributed by atoms with Crippen molar-refractivity contribution >= 4 is 27.1 Å². The van der Waals surface area contributed by atoms with Crippen LogP contribution in [0.4, 0.5) is 5.69 Å². The summed E-state index contributed by atoms with van der Waals surface area (Å²) in [6, 6.07) is 5.45. The lowest BCUT2D eigenvalue weighted by atomic mass is 10.2. The van der Waals surface area contributed by atoms with E-state index < -0.39 is 0 Å². The zero-order chi connectivity index (χ0) is 10.3. The molecule has 1 aromatic carbocycles. The molecule has 1 aromatic heterocycles. The minimum atomic E-state index is -0.295. The van der Waals surface area contributed by atoms with E-state index >= 15 is 0 Å². The van der Waals surface area contributed by atoms with Crippen molar-refractivity contribution in [2.75, 3.05) is 5.73 Å². The summed E-state index contributed by atoms with van der Waals surface area (Å²) < 4.78 is 0.765. The van der Waals surface area contributed by atoms with Crippen molar-refractivity contribution in [2.45, 2.75) is 6.92 Å². The molecule has 0 unspecified atom stereocenters. The van der Waals surface area contributed by atoms with Crippen LogP contribution in [-0.4, -0.2) is 5.11 Å². The summed E-state index contributed by atoms with van der Waals surface area (Å²) in [4.78, 5) is 11.6. The van der Waals surface area contributed by atoms with Crippen molar-refractivity contribution in [1.82, 2.24) is 0 Å². The number of rotatable bonds is 0. The number of aromatic hydroxyl groups is 1. The van der Waals surface area contributed by atoms with Gasteiger partial charge >= 0.3 is 0 Å². The van der Waals surface area contributed by atoms with Gasteiger partial charge in [-0.1, -0.05) is 17.4 Å². The van der Waals surface area contributed by atoms with Gasteiger partial charge in [-0.05, 0) is 24.6 Å². The Kier molecular flexibility index (Phi) is 1.93. The van der Waals surface area contributed by atoms with Gasteiger partial charge in [0.25, 0.3) is 0 Å². The van der Waals surface area contributed by atoms with E-state index in [1.165, 1.54) is 0 Å². The molecule has 0 atom stereocenters. The molecule has 1 heterocycles. The maximum Gasteiger partial charge on any atom is 0.214 e. The molecule has 0 bridgehead atoms. The molecule has 0 aliphatic carbocycles. The van der Waals surface area contributed by atoms with Crippen molar-refractivity contribution < 1.29 is 5.11 Å². The monoisotopic (exact) mass is 207 g/mol. The van der Waals surface area contributed by atoms with Crippen LogP contribution in [0.25, 0.3) is 10.1 Å². The molecule has 0 aliphatic heterocycles. The third kappa shape index (κ3) is 1.24. The van der Waals surface area contributed by atoms with Crippen LogP contribution in [0.3, 0.4) is 0 Å². The number of nitrogens with two attached hydrogens (primary N) is 1. The smallest absolute Gasteiger partial charge is 0.214 e. The first kappa shape index (κ1) is 9.02. The lowest BCUT2D eigenvalue weighted by Crippen LogP contribution is -2.07. The molecule has 0 radical (unpaired) electrons. The minimum Gasteiger partial charge on any atom is -0.498 e. The fraction of sp³-hybridized carbons (Fsp3) is 0.100. The summed E-state index contributed by atoms with van der Waals surface area (Å²) in [6.07, 6.45) is 0. The van der Waals surface area contributed by atoms with Crippen LogP contribution >= 0.6 is 11.3 Å². The minimum absolute atomic E-state index is 0.0636. The van der Waals surface area contributed by atoms with Crippen LogP contribution in [0.1, 0.15) is 5.56 Å². The third-order valence-electron chi connectivity index (χ3n) is 2.06. The molecule has 0 fully saturated rings. The molecule has 0 saturated carbocycles. The van der Waals surface area contributed by atoms with E-state index in [4.69, 9.17) is 5.73 Å². The van der Waals surface area contributed by atoms with Gasteiger partial charge in [0.05, 0.1) is 0 Å². The Morgan fingerprint density at radius 1 is 1.43 bits per heavy atom. The highest BCUT2D eigenvalue weighted by atomic mass is 32.1. The van der Waals surface area contributed by atoms with E-state index in [2.05, 4.69) is 0 Å². The molecule has 3 N–H and O–H groups in total. The number of fused-ring (bicyclic) bond motifs is 1. The number of nitrogen functional groups attached to an aromatic ring is 1. The van der Waals surface area contributed by atoms with E-state index in [-0.39, 0.29) is 16.2 Å². The standard InChI is InChI=1S/C10H9NO2S/c1-5-2-3-6-7(4-5)14-10(13)8(11)9(6)12/h2-4,13H,11H2,1H3. The fourth-order valence-corrected chi connectivity index (χ4v) is 2.23. The molecule has 3 nitrogen and oxygen atoms in total. The Balaban J connectivity index is 2.98. The Morgan fingerprint density at radius 2 is 2.14 bits per heavy atom. The van der Waals surface area contributed by atoms with E-state index in [1.54, 1.807) is 6.07 Å². The summed E-state index contributed by atoms with van der Waals surface area (Å²) in [5.74, 6) is 0. The van der Waals surface area contributed by atoms with Gasteiger partial charge in [0, 0.05) is 10.1 Å². The molecule has 0 saturated heterocycles. The molecule has 72 valence electrons. The fourth-order valence-electron chi connectivity index (χ4n) is 1.30. The van der Waals surface area contributed by atoms with Crippen LogP contribution in [0.5, 0.6) is 5.06 Å². The number of aryl methyl sites for hydroxylation is 1. The molecular weight excluding hydrogens is 198 g/mol.